The van der Waals surface area contributed by atoms with E-state index in [1.54, 1.807) is 7.11 Å². The van der Waals surface area contributed by atoms with E-state index in [9.17, 15) is 0 Å². The third-order valence-corrected chi connectivity index (χ3v) is 2.44. The van der Waals surface area contributed by atoms with Crippen molar-refractivity contribution in [2.24, 2.45) is 0 Å². The number of halogens is 1. The van der Waals surface area contributed by atoms with E-state index in [2.05, 4.69) is 20.4 Å². The molecular formula is C11H11ClN4O. The topological polar surface area (TPSA) is 60.8 Å². The van der Waals surface area contributed by atoms with Crippen LogP contribution in [0.2, 0.25) is 5.28 Å². The molecule has 0 amide bonds. The number of hydrogen-bond donors (Lipinski definition) is 0. The molecule has 0 N–H and O–H groups in total. The summed E-state index contributed by atoms with van der Waals surface area (Å²) in [5.74, 6) is 1.44. The van der Waals surface area contributed by atoms with E-state index in [1.165, 1.54) is 5.56 Å². The van der Waals surface area contributed by atoms with E-state index in [4.69, 9.17) is 16.3 Å². The van der Waals surface area contributed by atoms with E-state index in [0.717, 1.165) is 12.2 Å². The fraction of sp³-hybridized carbons (Fsp3) is 0.273. The quantitative estimate of drug-likeness (QED) is 0.827. The van der Waals surface area contributed by atoms with Crippen LogP contribution in [0.4, 0.5) is 0 Å². The number of rotatable bonds is 4. The molecule has 0 saturated carbocycles. The lowest BCUT2D eigenvalue weighted by atomic mass is 10.1. The highest BCUT2D eigenvalue weighted by atomic mass is 35.5. The smallest absolute Gasteiger partial charge is 0.262 e. The van der Waals surface area contributed by atoms with Crippen LogP contribution in [0.5, 0.6) is 5.75 Å². The molecule has 0 aliphatic carbocycles. The predicted molar refractivity (Wildman–Crippen MR) is 63.0 cm³/mol. The number of aryl methyl sites for hydroxylation is 2. The lowest BCUT2D eigenvalue weighted by molar-refractivity contribution is 0.414. The average molecular weight is 251 g/mol. The number of nitrogens with zero attached hydrogens (tertiary/aromatic N) is 4. The molecule has 0 unspecified atom stereocenters. The van der Waals surface area contributed by atoms with Crippen molar-refractivity contribution in [3.8, 4) is 5.75 Å². The molecule has 0 bridgehead atoms. The standard InChI is InChI=1S/C11H11ClN4O/c1-17-9-5-2-8(3-6-9)4-7-10-13-15-11(12)16-14-10/h2-3,5-6H,4,7H2,1H3. The molecule has 0 spiro atoms. The Hall–Kier alpha value is -1.75. The minimum absolute atomic E-state index is 0.0678. The number of benzene rings is 1. The van der Waals surface area contributed by atoms with Gasteiger partial charge in [0, 0.05) is 6.42 Å². The van der Waals surface area contributed by atoms with E-state index in [-0.39, 0.29) is 5.28 Å². The van der Waals surface area contributed by atoms with Crippen LogP contribution in [-0.4, -0.2) is 27.5 Å². The molecule has 0 saturated heterocycles. The highest BCUT2D eigenvalue weighted by Crippen LogP contribution is 2.12. The zero-order valence-electron chi connectivity index (χ0n) is 9.30. The summed E-state index contributed by atoms with van der Waals surface area (Å²) < 4.78 is 5.09. The van der Waals surface area contributed by atoms with Crippen LogP contribution in [0.1, 0.15) is 11.4 Å². The van der Waals surface area contributed by atoms with Crippen LogP contribution in [-0.2, 0) is 12.8 Å². The van der Waals surface area contributed by atoms with Gasteiger partial charge in [-0.3, -0.25) is 0 Å². The number of ether oxygens (including phenoxy) is 1. The largest absolute Gasteiger partial charge is 0.497 e. The van der Waals surface area contributed by atoms with Gasteiger partial charge in [0.15, 0.2) is 5.82 Å². The minimum atomic E-state index is 0.0678. The van der Waals surface area contributed by atoms with Gasteiger partial charge in [-0.2, -0.15) is 0 Å². The molecule has 1 heterocycles. The van der Waals surface area contributed by atoms with Crippen molar-refractivity contribution in [1.82, 2.24) is 20.4 Å². The molecule has 2 rings (SSSR count). The number of hydrogen-bond acceptors (Lipinski definition) is 5. The second-order valence-electron chi connectivity index (χ2n) is 3.43. The summed E-state index contributed by atoms with van der Waals surface area (Å²) in [6.07, 6.45) is 1.51. The Balaban J connectivity index is 1.95. The molecule has 1 aromatic heterocycles. The summed E-state index contributed by atoms with van der Waals surface area (Å²) in [6, 6.07) is 7.87. The summed E-state index contributed by atoms with van der Waals surface area (Å²) >= 11 is 5.50. The Bertz CT molecular complexity index is 472. The summed E-state index contributed by atoms with van der Waals surface area (Å²) in [5, 5.41) is 15.0. The van der Waals surface area contributed by atoms with Crippen LogP contribution < -0.4 is 4.74 Å². The molecule has 17 heavy (non-hydrogen) atoms. The van der Waals surface area contributed by atoms with Gasteiger partial charge in [0.2, 0.25) is 0 Å². The van der Waals surface area contributed by atoms with E-state index < -0.39 is 0 Å². The molecule has 0 aliphatic heterocycles. The Labute approximate surface area is 104 Å². The normalized spacial score (nSPS) is 10.2. The fourth-order valence-electron chi connectivity index (χ4n) is 1.39. The first kappa shape index (κ1) is 11.7. The molecule has 1 aromatic carbocycles. The van der Waals surface area contributed by atoms with Crippen LogP contribution >= 0.6 is 11.6 Å². The third kappa shape index (κ3) is 3.35. The number of methoxy groups -OCH3 is 1. The molecule has 6 heteroatoms. The van der Waals surface area contributed by atoms with Gasteiger partial charge in [-0.1, -0.05) is 12.1 Å². The lowest BCUT2D eigenvalue weighted by Crippen LogP contribution is -2.02. The van der Waals surface area contributed by atoms with Gasteiger partial charge in [0.1, 0.15) is 5.75 Å². The molecular weight excluding hydrogens is 240 g/mol. The Kier molecular flexibility index (Phi) is 3.82. The zero-order chi connectivity index (χ0) is 12.1. The molecule has 0 fully saturated rings. The minimum Gasteiger partial charge on any atom is -0.497 e. The van der Waals surface area contributed by atoms with E-state index in [1.807, 2.05) is 24.3 Å². The Morgan fingerprint density at radius 1 is 1.00 bits per heavy atom. The van der Waals surface area contributed by atoms with Crippen molar-refractivity contribution >= 4 is 11.6 Å². The SMILES string of the molecule is COc1ccc(CCc2nnc(Cl)nn2)cc1. The number of aromatic nitrogens is 4. The van der Waals surface area contributed by atoms with Gasteiger partial charge in [-0.05, 0) is 35.7 Å². The lowest BCUT2D eigenvalue weighted by Gasteiger charge is -2.02. The molecule has 0 atom stereocenters. The van der Waals surface area contributed by atoms with Gasteiger partial charge < -0.3 is 4.74 Å². The second-order valence-corrected chi connectivity index (χ2v) is 3.77. The summed E-state index contributed by atoms with van der Waals surface area (Å²) in [6.45, 7) is 0. The van der Waals surface area contributed by atoms with Crippen LogP contribution in [0.15, 0.2) is 24.3 Å². The first-order valence-corrected chi connectivity index (χ1v) is 5.50. The van der Waals surface area contributed by atoms with Crippen molar-refractivity contribution < 1.29 is 4.74 Å². The highest BCUT2D eigenvalue weighted by molar-refractivity contribution is 6.28. The zero-order valence-corrected chi connectivity index (χ0v) is 10.1. The van der Waals surface area contributed by atoms with Gasteiger partial charge in [0.25, 0.3) is 5.28 Å². The van der Waals surface area contributed by atoms with Crippen molar-refractivity contribution in [2.45, 2.75) is 12.8 Å². The summed E-state index contributed by atoms with van der Waals surface area (Å²) in [5.41, 5.74) is 1.18. The molecule has 5 nitrogen and oxygen atoms in total. The maximum Gasteiger partial charge on any atom is 0.262 e. The first-order valence-electron chi connectivity index (χ1n) is 5.12. The highest BCUT2D eigenvalue weighted by Gasteiger charge is 2.01. The maximum absolute atomic E-state index is 5.50. The second kappa shape index (κ2) is 5.54. The van der Waals surface area contributed by atoms with Crippen LogP contribution in [0.3, 0.4) is 0 Å². The van der Waals surface area contributed by atoms with E-state index >= 15 is 0 Å². The first-order chi connectivity index (χ1) is 8.28. The fourth-order valence-corrected chi connectivity index (χ4v) is 1.46. The van der Waals surface area contributed by atoms with Gasteiger partial charge in [-0.15, -0.1) is 20.4 Å². The summed E-state index contributed by atoms with van der Waals surface area (Å²) in [4.78, 5) is 0. The van der Waals surface area contributed by atoms with E-state index in [0.29, 0.717) is 12.2 Å². The van der Waals surface area contributed by atoms with Crippen LogP contribution in [0.25, 0.3) is 0 Å². The Morgan fingerprint density at radius 2 is 1.65 bits per heavy atom. The average Bonchev–Trinajstić information content (AvgIpc) is 2.39. The van der Waals surface area contributed by atoms with Gasteiger partial charge in [0.05, 0.1) is 7.11 Å². The molecule has 0 aliphatic rings. The van der Waals surface area contributed by atoms with Crippen LogP contribution in [0, 0.1) is 0 Å². The predicted octanol–water partition coefficient (Wildman–Crippen LogP) is 1.71. The van der Waals surface area contributed by atoms with Gasteiger partial charge >= 0.3 is 0 Å². The van der Waals surface area contributed by atoms with Crippen molar-refractivity contribution in [1.29, 1.82) is 0 Å². The third-order valence-electron chi connectivity index (χ3n) is 2.29. The molecule has 2 aromatic rings. The Morgan fingerprint density at radius 3 is 2.24 bits per heavy atom. The van der Waals surface area contributed by atoms with Crippen molar-refractivity contribution in [2.75, 3.05) is 7.11 Å². The molecule has 88 valence electrons. The monoisotopic (exact) mass is 250 g/mol. The van der Waals surface area contributed by atoms with Gasteiger partial charge in [-0.25, -0.2) is 0 Å². The van der Waals surface area contributed by atoms with Crippen molar-refractivity contribution in [3.63, 3.8) is 0 Å². The molecule has 0 radical (unpaired) electrons. The van der Waals surface area contributed by atoms with Crippen molar-refractivity contribution in [3.05, 3.63) is 40.9 Å². The maximum atomic E-state index is 5.50. The summed E-state index contributed by atoms with van der Waals surface area (Å²) in [7, 11) is 1.65.